The maximum absolute atomic E-state index is 13.2. The van der Waals surface area contributed by atoms with Crippen LogP contribution in [0.4, 0.5) is 10.1 Å². The monoisotopic (exact) mass is 462 g/mol. The van der Waals surface area contributed by atoms with E-state index < -0.39 is 11.4 Å². The standard InChI is InChI=1S/C25H23FN4O2S/c1-17(32-22-15-13-19(26)14-16-22)23-28-29-25(30(23)21-11-7-4-8-12-21)33-18(2)24(31)27-20-9-5-3-6-10-20/h3-18H,1-2H3,(H,27,31). The van der Waals surface area contributed by atoms with E-state index in [1.807, 2.05) is 79.1 Å². The number of carbonyl (C=O) groups is 1. The lowest BCUT2D eigenvalue weighted by Gasteiger charge is -2.17. The molecule has 4 rings (SSSR count). The summed E-state index contributed by atoms with van der Waals surface area (Å²) in [6.45, 7) is 3.68. The van der Waals surface area contributed by atoms with Gasteiger partial charge in [-0.05, 0) is 62.4 Å². The van der Waals surface area contributed by atoms with Gasteiger partial charge in [0.2, 0.25) is 5.91 Å². The number of nitrogens with one attached hydrogen (secondary N) is 1. The van der Waals surface area contributed by atoms with Crippen molar-refractivity contribution in [1.82, 2.24) is 14.8 Å². The van der Waals surface area contributed by atoms with E-state index in [0.717, 1.165) is 11.4 Å². The summed E-state index contributed by atoms with van der Waals surface area (Å²) in [6.07, 6.45) is -0.467. The van der Waals surface area contributed by atoms with Crippen LogP contribution in [0.1, 0.15) is 25.8 Å². The predicted molar refractivity (Wildman–Crippen MR) is 127 cm³/mol. The number of para-hydroxylation sites is 2. The number of anilines is 1. The number of nitrogens with zero attached hydrogens (tertiary/aromatic N) is 3. The molecule has 0 bridgehead atoms. The quantitative estimate of drug-likeness (QED) is 0.342. The van der Waals surface area contributed by atoms with Crippen LogP contribution in [-0.2, 0) is 4.79 Å². The van der Waals surface area contributed by atoms with Gasteiger partial charge in [-0.2, -0.15) is 0 Å². The minimum Gasteiger partial charge on any atom is -0.483 e. The van der Waals surface area contributed by atoms with Gasteiger partial charge in [-0.1, -0.05) is 48.2 Å². The highest BCUT2D eigenvalue weighted by Gasteiger charge is 2.24. The molecule has 0 aliphatic rings. The molecule has 1 amide bonds. The molecule has 0 aliphatic heterocycles. The van der Waals surface area contributed by atoms with Crippen LogP contribution >= 0.6 is 11.8 Å². The van der Waals surface area contributed by atoms with Crippen LogP contribution in [0.2, 0.25) is 0 Å². The number of hydrogen-bond acceptors (Lipinski definition) is 5. The average Bonchev–Trinajstić information content (AvgIpc) is 3.25. The van der Waals surface area contributed by atoms with E-state index in [0.29, 0.717) is 16.7 Å². The number of thioether (sulfide) groups is 1. The van der Waals surface area contributed by atoms with Crippen LogP contribution in [0, 0.1) is 5.82 Å². The summed E-state index contributed by atoms with van der Waals surface area (Å²) in [6, 6.07) is 24.8. The van der Waals surface area contributed by atoms with Crippen molar-refractivity contribution < 1.29 is 13.9 Å². The van der Waals surface area contributed by atoms with E-state index in [9.17, 15) is 9.18 Å². The number of aromatic nitrogens is 3. The normalized spacial score (nSPS) is 12.7. The van der Waals surface area contributed by atoms with E-state index in [4.69, 9.17) is 4.74 Å². The molecule has 2 unspecified atom stereocenters. The Morgan fingerprint density at radius 2 is 1.58 bits per heavy atom. The van der Waals surface area contributed by atoms with Crippen molar-refractivity contribution in [3.63, 3.8) is 0 Å². The van der Waals surface area contributed by atoms with E-state index in [1.54, 1.807) is 12.1 Å². The molecule has 0 fully saturated rings. The first-order chi connectivity index (χ1) is 16.0. The zero-order valence-corrected chi connectivity index (χ0v) is 19.0. The highest BCUT2D eigenvalue weighted by molar-refractivity contribution is 8.00. The van der Waals surface area contributed by atoms with Gasteiger partial charge in [-0.3, -0.25) is 9.36 Å². The molecule has 168 valence electrons. The molecule has 0 aliphatic carbocycles. The first kappa shape index (κ1) is 22.5. The summed E-state index contributed by atoms with van der Waals surface area (Å²) in [7, 11) is 0. The third kappa shape index (κ3) is 5.59. The van der Waals surface area contributed by atoms with E-state index in [-0.39, 0.29) is 11.7 Å². The molecular weight excluding hydrogens is 439 g/mol. The Morgan fingerprint density at radius 3 is 2.24 bits per heavy atom. The molecule has 0 saturated carbocycles. The van der Waals surface area contributed by atoms with Crippen LogP contribution < -0.4 is 10.1 Å². The first-order valence-corrected chi connectivity index (χ1v) is 11.3. The topological polar surface area (TPSA) is 69.0 Å². The molecule has 1 heterocycles. The number of carbonyl (C=O) groups excluding carboxylic acids is 1. The fourth-order valence-corrected chi connectivity index (χ4v) is 4.06. The lowest BCUT2D eigenvalue weighted by molar-refractivity contribution is -0.115. The van der Waals surface area contributed by atoms with Crippen molar-refractivity contribution in [1.29, 1.82) is 0 Å². The Morgan fingerprint density at radius 1 is 0.939 bits per heavy atom. The van der Waals surface area contributed by atoms with Gasteiger partial charge >= 0.3 is 0 Å². The van der Waals surface area contributed by atoms with Crippen molar-refractivity contribution in [3.8, 4) is 11.4 Å². The minimum atomic E-state index is -0.467. The first-order valence-electron chi connectivity index (χ1n) is 10.5. The van der Waals surface area contributed by atoms with Crippen LogP contribution in [0.5, 0.6) is 5.75 Å². The second-order valence-corrected chi connectivity index (χ2v) is 8.65. The molecule has 33 heavy (non-hydrogen) atoms. The lowest BCUT2D eigenvalue weighted by atomic mass is 10.3. The maximum atomic E-state index is 13.2. The number of ether oxygens (including phenoxy) is 1. The van der Waals surface area contributed by atoms with Crippen LogP contribution in [0.15, 0.2) is 90.1 Å². The summed E-state index contributed by atoms with van der Waals surface area (Å²) < 4.78 is 21.1. The van der Waals surface area contributed by atoms with Gasteiger partial charge in [0, 0.05) is 11.4 Å². The largest absolute Gasteiger partial charge is 0.483 e. The lowest BCUT2D eigenvalue weighted by Crippen LogP contribution is -2.23. The Labute approximate surface area is 195 Å². The second kappa shape index (κ2) is 10.3. The third-order valence-corrected chi connectivity index (χ3v) is 5.90. The summed E-state index contributed by atoms with van der Waals surface area (Å²) in [5.74, 6) is 0.634. The van der Waals surface area contributed by atoms with Crippen LogP contribution in [-0.4, -0.2) is 25.9 Å². The van der Waals surface area contributed by atoms with E-state index >= 15 is 0 Å². The van der Waals surface area contributed by atoms with Gasteiger partial charge in [-0.15, -0.1) is 10.2 Å². The molecule has 1 aromatic heterocycles. The number of amides is 1. The Hall–Kier alpha value is -3.65. The molecular formula is C25H23FN4O2S. The van der Waals surface area contributed by atoms with E-state index in [2.05, 4.69) is 15.5 Å². The average molecular weight is 463 g/mol. The maximum Gasteiger partial charge on any atom is 0.237 e. The molecule has 1 N–H and O–H groups in total. The SMILES string of the molecule is CC(Sc1nnc(C(C)Oc2ccc(F)cc2)n1-c1ccccc1)C(=O)Nc1ccccc1. The highest BCUT2D eigenvalue weighted by atomic mass is 32.2. The summed E-state index contributed by atoms with van der Waals surface area (Å²) in [4.78, 5) is 12.7. The van der Waals surface area contributed by atoms with Crippen molar-refractivity contribution >= 4 is 23.4 Å². The minimum absolute atomic E-state index is 0.133. The van der Waals surface area contributed by atoms with Crippen molar-refractivity contribution in [2.75, 3.05) is 5.32 Å². The van der Waals surface area contributed by atoms with Crippen molar-refractivity contribution in [2.45, 2.75) is 30.4 Å². The number of halogens is 1. The summed E-state index contributed by atoms with van der Waals surface area (Å²) >= 11 is 1.31. The van der Waals surface area contributed by atoms with Gasteiger partial charge in [0.25, 0.3) is 0 Å². The second-order valence-electron chi connectivity index (χ2n) is 7.34. The predicted octanol–water partition coefficient (Wildman–Crippen LogP) is 5.67. The van der Waals surface area contributed by atoms with Gasteiger partial charge < -0.3 is 10.1 Å². The Balaban J connectivity index is 1.58. The highest BCUT2D eigenvalue weighted by Crippen LogP contribution is 2.30. The molecule has 4 aromatic rings. The fraction of sp³-hybridized carbons (Fsp3) is 0.160. The molecule has 0 spiro atoms. The summed E-state index contributed by atoms with van der Waals surface area (Å²) in [5, 5.41) is 11.8. The molecule has 8 heteroatoms. The Bertz CT molecular complexity index is 1200. The fourth-order valence-electron chi connectivity index (χ4n) is 3.19. The Kier molecular flexibility index (Phi) is 7.04. The van der Waals surface area contributed by atoms with Crippen molar-refractivity contribution in [3.05, 3.63) is 96.6 Å². The molecule has 2 atom stereocenters. The third-order valence-electron chi connectivity index (χ3n) is 4.86. The molecule has 0 saturated heterocycles. The zero-order valence-electron chi connectivity index (χ0n) is 18.2. The van der Waals surface area contributed by atoms with Crippen LogP contribution in [0.25, 0.3) is 5.69 Å². The molecule has 3 aromatic carbocycles. The smallest absolute Gasteiger partial charge is 0.237 e. The van der Waals surface area contributed by atoms with Gasteiger partial charge in [0.05, 0.1) is 5.25 Å². The van der Waals surface area contributed by atoms with E-state index in [1.165, 1.54) is 23.9 Å². The van der Waals surface area contributed by atoms with Gasteiger partial charge in [0.1, 0.15) is 11.6 Å². The zero-order chi connectivity index (χ0) is 23.2. The van der Waals surface area contributed by atoms with Crippen LogP contribution in [0.3, 0.4) is 0 Å². The number of rotatable bonds is 8. The van der Waals surface area contributed by atoms with Gasteiger partial charge in [0.15, 0.2) is 17.1 Å². The molecule has 6 nitrogen and oxygen atoms in total. The van der Waals surface area contributed by atoms with Crippen molar-refractivity contribution in [2.24, 2.45) is 0 Å². The number of benzene rings is 3. The molecule has 0 radical (unpaired) electrons. The van der Waals surface area contributed by atoms with Gasteiger partial charge in [-0.25, -0.2) is 4.39 Å². The summed E-state index contributed by atoms with van der Waals surface area (Å²) in [5.41, 5.74) is 1.59. The number of hydrogen-bond donors (Lipinski definition) is 1.